The molecule has 1 amide bonds. The summed E-state index contributed by atoms with van der Waals surface area (Å²) < 4.78 is 15.9. The molecule has 0 atom stereocenters. The number of piperazine rings is 1. The molecule has 1 aliphatic heterocycles. The van der Waals surface area contributed by atoms with Gasteiger partial charge in [-0.2, -0.15) is 0 Å². The number of furan rings is 1. The first-order valence-corrected chi connectivity index (χ1v) is 8.67. The highest BCUT2D eigenvalue weighted by Crippen LogP contribution is 2.28. The molecule has 3 rings (SSSR count). The maximum absolute atomic E-state index is 12.4. The lowest BCUT2D eigenvalue weighted by Gasteiger charge is -2.33. The molecule has 2 heterocycles. The lowest BCUT2D eigenvalue weighted by atomic mass is 10.2. The third-order valence-electron chi connectivity index (χ3n) is 4.47. The molecule has 1 aliphatic rings. The summed E-state index contributed by atoms with van der Waals surface area (Å²) in [6.45, 7) is 4.72. The summed E-state index contributed by atoms with van der Waals surface area (Å²) in [5.41, 5.74) is 0.648. The Balaban J connectivity index is 1.47. The zero-order valence-corrected chi connectivity index (χ0v) is 15.2. The van der Waals surface area contributed by atoms with Gasteiger partial charge in [0, 0.05) is 32.2 Å². The van der Waals surface area contributed by atoms with Crippen molar-refractivity contribution in [1.82, 2.24) is 9.80 Å². The monoisotopic (exact) mass is 359 g/mol. The van der Waals surface area contributed by atoms with Crippen LogP contribution in [0.15, 0.2) is 41.0 Å². The first kappa shape index (κ1) is 18.3. The standard InChI is InChI=1S/C19H25N3O4/c1-24-15-5-6-17(18(12-15)25-2)20-19(23)14-22-9-7-21(8-10-22)13-16-4-3-11-26-16/h3-6,11-12H,7-10,13-14H2,1-2H3,(H,20,23). The van der Waals surface area contributed by atoms with Crippen molar-refractivity contribution in [2.24, 2.45) is 0 Å². The van der Waals surface area contributed by atoms with Crippen molar-refractivity contribution in [1.29, 1.82) is 0 Å². The van der Waals surface area contributed by atoms with Gasteiger partial charge in [0.25, 0.3) is 0 Å². The number of anilines is 1. The van der Waals surface area contributed by atoms with Crippen molar-refractivity contribution in [3.05, 3.63) is 42.4 Å². The van der Waals surface area contributed by atoms with Crippen LogP contribution >= 0.6 is 0 Å². The maximum Gasteiger partial charge on any atom is 0.238 e. The van der Waals surface area contributed by atoms with Crippen LogP contribution in [0.3, 0.4) is 0 Å². The summed E-state index contributed by atoms with van der Waals surface area (Å²) in [6.07, 6.45) is 1.70. The second-order valence-electron chi connectivity index (χ2n) is 6.25. The van der Waals surface area contributed by atoms with Gasteiger partial charge in [-0.05, 0) is 24.3 Å². The van der Waals surface area contributed by atoms with Gasteiger partial charge in [-0.3, -0.25) is 14.6 Å². The van der Waals surface area contributed by atoms with E-state index >= 15 is 0 Å². The highest BCUT2D eigenvalue weighted by molar-refractivity contribution is 5.93. The molecule has 1 fully saturated rings. The van der Waals surface area contributed by atoms with Gasteiger partial charge in [0.15, 0.2) is 0 Å². The molecule has 26 heavy (non-hydrogen) atoms. The lowest BCUT2D eigenvalue weighted by molar-refractivity contribution is -0.117. The smallest absolute Gasteiger partial charge is 0.238 e. The highest BCUT2D eigenvalue weighted by Gasteiger charge is 2.20. The Hall–Kier alpha value is -2.51. The van der Waals surface area contributed by atoms with Gasteiger partial charge in [0.1, 0.15) is 17.3 Å². The van der Waals surface area contributed by atoms with E-state index in [9.17, 15) is 4.79 Å². The number of hydrogen-bond acceptors (Lipinski definition) is 6. The Labute approximate surface area is 153 Å². The molecule has 140 valence electrons. The van der Waals surface area contributed by atoms with E-state index in [0.717, 1.165) is 38.5 Å². The largest absolute Gasteiger partial charge is 0.497 e. The number of benzene rings is 1. The average Bonchev–Trinajstić information content (AvgIpc) is 3.16. The van der Waals surface area contributed by atoms with E-state index in [1.54, 1.807) is 38.7 Å². The van der Waals surface area contributed by atoms with Crippen molar-refractivity contribution in [3.63, 3.8) is 0 Å². The van der Waals surface area contributed by atoms with Crippen LogP contribution in [-0.2, 0) is 11.3 Å². The number of methoxy groups -OCH3 is 2. The molecule has 0 radical (unpaired) electrons. The SMILES string of the molecule is COc1ccc(NC(=O)CN2CCN(Cc3ccco3)CC2)c(OC)c1. The minimum Gasteiger partial charge on any atom is -0.497 e. The molecule has 0 unspecified atom stereocenters. The molecule has 0 bridgehead atoms. The highest BCUT2D eigenvalue weighted by atomic mass is 16.5. The minimum atomic E-state index is -0.0482. The van der Waals surface area contributed by atoms with Gasteiger partial charge in [0.2, 0.25) is 5.91 Å². The number of hydrogen-bond donors (Lipinski definition) is 1. The summed E-state index contributed by atoms with van der Waals surface area (Å²) in [4.78, 5) is 16.9. The Bertz CT molecular complexity index is 710. The van der Waals surface area contributed by atoms with E-state index in [1.807, 2.05) is 12.1 Å². The van der Waals surface area contributed by atoms with E-state index in [4.69, 9.17) is 13.9 Å². The van der Waals surface area contributed by atoms with Crippen LogP contribution in [0, 0.1) is 0 Å². The van der Waals surface area contributed by atoms with E-state index in [-0.39, 0.29) is 5.91 Å². The molecule has 1 aromatic carbocycles. The Morgan fingerprint density at radius 1 is 1.12 bits per heavy atom. The number of nitrogens with one attached hydrogen (secondary N) is 1. The van der Waals surface area contributed by atoms with Crippen LogP contribution in [0.2, 0.25) is 0 Å². The number of nitrogens with zero attached hydrogens (tertiary/aromatic N) is 2. The molecule has 7 nitrogen and oxygen atoms in total. The van der Waals surface area contributed by atoms with Gasteiger partial charge in [-0.1, -0.05) is 0 Å². The van der Waals surface area contributed by atoms with Crippen molar-refractivity contribution in [2.75, 3.05) is 52.3 Å². The summed E-state index contributed by atoms with van der Waals surface area (Å²) in [7, 11) is 3.17. The molecule has 7 heteroatoms. The fourth-order valence-electron chi connectivity index (χ4n) is 3.02. The maximum atomic E-state index is 12.4. The third-order valence-corrected chi connectivity index (χ3v) is 4.47. The number of carbonyl (C=O) groups is 1. The molecule has 0 spiro atoms. The van der Waals surface area contributed by atoms with Crippen LogP contribution in [0.5, 0.6) is 11.5 Å². The van der Waals surface area contributed by atoms with E-state index in [0.29, 0.717) is 23.7 Å². The number of carbonyl (C=O) groups excluding carboxylic acids is 1. The topological polar surface area (TPSA) is 67.2 Å². The zero-order valence-electron chi connectivity index (χ0n) is 15.2. The molecule has 1 aromatic heterocycles. The number of rotatable bonds is 7. The van der Waals surface area contributed by atoms with Crippen molar-refractivity contribution in [2.45, 2.75) is 6.54 Å². The first-order valence-electron chi connectivity index (χ1n) is 8.67. The van der Waals surface area contributed by atoms with Gasteiger partial charge in [-0.15, -0.1) is 0 Å². The first-order chi connectivity index (χ1) is 12.7. The predicted octanol–water partition coefficient (Wildman–Crippen LogP) is 2.05. The van der Waals surface area contributed by atoms with Crippen LogP contribution in [0.4, 0.5) is 5.69 Å². The van der Waals surface area contributed by atoms with Gasteiger partial charge >= 0.3 is 0 Å². The third kappa shape index (κ3) is 4.77. The number of amides is 1. The Morgan fingerprint density at radius 3 is 2.54 bits per heavy atom. The van der Waals surface area contributed by atoms with Gasteiger partial charge in [-0.25, -0.2) is 0 Å². The average molecular weight is 359 g/mol. The van der Waals surface area contributed by atoms with Gasteiger partial charge in [0.05, 0.1) is 39.3 Å². The van der Waals surface area contributed by atoms with Gasteiger partial charge < -0.3 is 19.2 Å². The molecule has 1 N–H and O–H groups in total. The Morgan fingerprint density at radius 2 is 1.88 bits per heavy atom. The van der Waals surface area contributed by atoms with Crippen LogP contribution in [0.25, 0.3) is 0 Å². The molecule has 1 saturated heterocycles. The second-order valence-corrected chi connectivity index (χ2v) is 6.25. The van der Waals surface area contributed by atoms with Crippen LogP contribution in [0.1, 0.15) is 5.76 Å². The number of ether oxygens (including phenoxy) is 2. The van der Waals surface area contributed by atoms with Crippen molar-refractivity contribution >= 4 is 11.6 Å². The fraction of sp³-hybridized carbons (Fsp3) is 0.421. The second kappa shape index (κ2) is 8.73. The van der Waals surface area contributed by atoms with Crippen LogP contribution < -0.4 is 14.8 Å². The van der Waals surface area contributed by atoms with E-state index in [1.165, 1.54) is 0 Å². The van der Waals surface area contributed by atoms with Crippen LogP contribution in [-0.4, -0.2) is 62.7 Å². The molecule has 0 aliphatic carbocycles. The quantitative estimate of drug-likeness (QED) is 0.816. The lowest BCUT2D eigenvalue weighted by Crippen LogP contribution is -2.48. The zero-order chi connectivity index (χ0) is 18.4. The molecular weight excluding hydrogens is 334 g/mol. The summed E-state index contributed by atoms with van der Waals surface area (Å²) in [5, 5.41) is 2.92. The predicted molar refractivity (Wildman–Crippen MR) is 98.6 cm³/mol. The summed E-state index contributed by atoms with van der Waals surface area (Å²) in [5.74, 6) is 2.20. The van der Waals surface area contributed by atoms with Crippen molar-refractivity contribution in [3.8, 4) is 11.5 Å². The normalized spacial score (nSPS) is 15.6. The van der Waals surface area contributed by atoms with E-state index in [2.05, 4.69) is 15.1 Å². The van der Waals surface area contributed by atoms with Crippen molar-refractivity contribution < 1.29 is 18.7 Å². The summed E-state index contributed by atoms with van der Waals surface area (Å²) >= 11 is 0. The fourth-order valence-corrected chi connectivity index (χ4v) is 3.02. The Kier molecular flexibility index (Phi) is 6.14. The van der Waals surface area contributed by atoms with E-state index < -0.39 is 0 Å². The molecular formula is C19H25N3O4. The summed E-state index contributed by atoms with van der Waals surface area (Å²) in [6, 6.07) is 9.23. The minimum absolute atomic E-state index is 0.0482. The molecule has 0 saturated carbocycles. The molecule has 2 aromatic rings.